The van der Waals surface area contributed by atoms with E-state index < -0.39 is 0 Å². The molecule has 2 aliphatic heterocycles. The van der Waals surface area contributed by atoms with Crippen LogP contribution in [0.1, 0.15) is 23.3 Å². The fourth-order valence-electron chi connectivity index (χ4n) is 2.42. The van der Waals surface area contributed by atoms with E-state index in [0.717, 1.165) is 31.6 Å². The molecule has 3 nitrogen and oxygen atoms in total. The fraction of sp³-hybridized carbons (Fsp3) is 0.333. The van der Waals surface area contributed by atoms with Crippen molar-refractivity contribution in [2.24, 2.45) is 0 Å². The van der Waals surface area contributed by atoms with Crippen LogP contribution in [0.3, 0.4) is 0 Å². The van der Waals surface area contributed by atoms with Crippen molar-refractivity contribution in [3.8, 4) is 11.5 Å². The molecule has 0 aromatic heterocycles. The predicted molar refractivity (Wildman–Crippen MR) is 70.7 cm³/mol. The summed E-state index contributed by atoms with van der Waals surface area (Å²) < 4.78 is 18.5. The summed E-state index contributed by atoms with van der Waals surface area (Å²) in [6, 6.07) is 0. The van der Waals surface area contributed by atoms with Crippen molar-refractivity contribution in [3.05, 3.63) is 32.2 Å². The van der Waals surface area contributed by atoms with E-state index in [4.69, 9.17) is 14.2 Å². The van der Waals surface area contributed by atoms with Crippen LogP contribution in [-0.4, -0.2) is 14.2 Å². The van der Waals surface area contributed by atoms with Crippen LogP contribution < -0.4 is 9.47 Å². The Hall–Kier alpha value is -0.520. The van der Waals surface area contributed by atoms with Gasteiger partial charge in [-0.3, -0.25) is 0 Å². The summed E-state index contributed by atoms with van der Waals surface area (Å²) in [7, 11) is 3.32. The molecule has 3 rings (SSSR count). The lowest BCUT2D eigenvalue weighted by atomic mass is 9.95. The van der Waals surface area contributed by atoms with Crippen molar-refractivity contribution in [2.75, 3.05) is 14.2 Å². The summed E-state index contributed by atoms with van der Waals surface area (Å²) in [4.78, 5) is 0. The van der Waals surface area contributed by atoms with Crippen LogP contribution in [0, 0.1) is 0 Å². The number of rotatable bonds is 2. The first kappa shape index (κ1) is 11.6. The number of fused-ring (bicyclic) bond motifs is 5. The van der Waals surface area contributed by atoms with Crippen molar-refractivity contribution in [2.45, 2.75) is 12.2 Å². The summed E-state index contributed by atoms with van der Waals surface area (Å²) in [6.07, 6.45) is 4.05. The van der Waals surface area contributed by atoms with Gasteiger partial charge in [0.1, 0.15) is 23.7 Å². The molecule has 0 amide bonds. The van der Waals surface area contributed by atoms with Crippen LogP contribution in [0.5, 0.6) is 11.5 Å². The van der Waals surface area contributed by atoms with Gasteiger partial charge in [0.2, 0.25) is 0 Å². The molecule has 0 radical (unpaired) electrons. The lowest BCUT2D eigenvalue weighted by molar-refractivity contribution is 0.0861. The molecule has 0 spiro atoms. The average molecular weight is 362 g/mol. The minimum Gasteiger partial charge on any atom is -0.495 e. The molecule has 90 valence electrons. The first-order valence-corrected chi connectivity index (χ1v) is 6.74. The maximum absolute atomic E-state index is 5.82. The zero-order valence-electron chi connectivity index (χ0n) is 9.29. The Morgan fingerprint density at radius 2 is 1.35 bits per heavy atom. The highest BCUT2D eigenvalue weighted by atomic mass is 79.9. The standard InChI is InChI=1S/C12H10Br2O3/c1-15-11-7-5-3-4-6(17-5)8(7)12(16-2)10(14)9(11)13/h3-6H,1-2H3. The van der Waals surface area contributed by atoms with E-state index in [0.29, 0.717) is 0 Å². The van der Waals surface area contributed by atoms with Crippen LogP contribution >= 0.6 is 31.9 Å². The smallest absolute Gasteiger partial charge is 0.140 e. The average Bonchev–Trinajstić information content (AvgIpc) is 2.92. The molecule has 2 aliphatic rings. The predicted octanol–water partition coefficient (Wildman–Crippen LogP) is 3.91. The normalized spacial score (nSPS) is 24.0. The molecular formula is C12H10Br2O3. The second-order valence-corrected chi connectivity index (χ2v) is 5.47. The summed E-state index contributed by atoms with van der Waals surface area (Å²) in [5, 5.41) is 0. The van der Waals surface area contributed by atoms with Gasteiger partial charge in [-0.2, -0.15) is 0 Å². The number of benzene rings is 1. The molecule has 5 heteroatoms. The molecule has 0 N–H and O–H groups in total. The molecule has 0 saturated heterocycles. The Morgan fingerprint density at radius 3 is 1.71 bits per heavy atom. The second kappa shape index (κ2) is 4.00. The van der Waals surface area contributed by atoms with Crippen molar-refractivity contribution in [1.29, 1.82) is 0 Å². The third-order valence-corrected chi connectivity index (χ3v) is 5.15. The maximum atomic E-state index is 5.82. The Balaban J connectivity index is 2.35. The van der Waals surface area contributed by atoms with Gasteiger partial charge in [-0.15, -0.1) is 0 Å². The van der Waals surface area contributed by atoms with Crippen LogP contribution in [0.4, 0.5) is 0 Å². The zero-order chi connectivity index (χ0) is 12.2. The van der Waals surface area contributed by atoms with E-state index in [-0.39, 0.29) is 12.2 Å². The SMILES string of the molecule is COc1c(Br)c(Br)c(OC)c2c1C1C=CC2O1. The number of halogens is 2. The van der Waals surface area contributed by atoms with Gasteiger partial charge in [0, 0.05) is 11.1 Å². The van der Waals surface area contributed by atoms with Crippen molar-refractivity contribution < 1.29 is 14.2 Å². The fourth-order valence-corrected chi connectivity index (χ4v) is 3.53. The van der Waals surface area contributed by atoms with Crippen LogP contribution in [0.2, 0.25) is 0 Å². The number of ether oxygens (including phenoxy) is 3. The summed E-state index contributed by atoms with van der Waals surface area (Å²) in [5.41, 5.74) is 2.12. The first-order valence-electron chi connectivity index (χ1n) is 5.15. The summed E-state index contributed by atoms with van der Waals surface area (Å²) in [6.45, 7) is 0. The monoisotopic (exact) mass is 360 g/mol. The maximum Gasteiger partial charge on any atom is 0.140 e. The second-order valence-electron chi connectivity index (χ2n) is 3.88. The molecule has 0 saturated carbocycles. The van der Waals surface area contributed by atoms with E-state index >= 15 is 0 Å². The van der Waals surface area contributed by atoms with Crippen molar-refractivity contribution in [3.63, 3.8) is 0 Å². The van der Waals surface area contributed by atoms with Gasteiger partial charge in [-0.25, -0.2) is 0 Å². The third-order valence-electron chi connectivity index (χ3n) is 3.10. The van der Waals surface area contributed by atoms with E-state index in [9.17, 15) is 0 Å². The quantitative estimate of drug-likeness (QED) is 0.747. The molecular weight excluding hydrogens is 352 g/mol. The molecule has 2 heterocycles. The number of hydrogen-bond acceptors (Lipinski definition) is 3. The number of methoxy groups -OCH3 is 2. The zero-order valence-corrected chi connectivity index (χ0v) is 12.5. The summed E-state index contributed by atoms with van der Waals surface area (Å²) >= 11 is 7.05. The van der Waals surface area contributed by atoms with Crippen LogP contribution in [0.15, 0.2) is 21.1 Å². The Bertz CT molecular complexity index is 480. The number of hydrogen-bond donors (Lipinski definition) is 0. The van der Waals surface area contributed by atoms with Crippen LogP contribution in [-0.2, 0) is 4.74 Å². The van der Waals surface area contributed by atoms with Gasteiger partial charge in [-0.1, -0.05) is 12.2 Å². The van der Waals surface area contributed by atoms with Crippen LogP contribution in [0.25, 0.3) is 0 Å². The molecule has 1 aromatic rings. The molecule has 2 atom stereocenters. The van der Waals surface area contributed by atoms with Crippen molar-refractivity contribution in [1.82, 2.24) is 0 Å². The van der Waals surface area contributed by atoms with Gasteiger partial charge in [0.05, 0.1) is 23.2 Å². The first-order chi connectivity index (χ1) is 8.19. The lowest BCUT2D eigenvalue weighted by Gasteiger charge is -2.19. The molecule has 0 aliphatic carbocycles. The van der Waals surface area contributed by atoms with Gasteiger partial charge >= 0.3 is 0 Å². The summed E-state index contributed by atoms with van der Waals surface area (Å²) in [5.74, 6) is 1.62. The highest BCUT2D eigenvalue weighted by Gasteiger charge is 2.41. The molecule has 2 bridgehead atoms. The minimum atomic E-state index is -0.0248. The topological polar surface area (TPSA) is 27.7 Å². The highest BCUT2D eigenvalue weighted by molar-refractivity contribution is 9.13. The molecule has 1 aromatic carbocycles. The van der Waals surface area contributed by atoms with E-state index in [1.807, 2.05) is 0 Å². The molecule has 2 unspecified atom stereocenters. The lowest BCUT2D eigenvalue weighted by Crippen LogP contribution is -2.03. The van der Waals surface area contributed by atoms with E-state index in [1.54, 1.807) is 14.2 Å². The Kier molecular flexibility index (Phi) is 2.72. The third kappa shape index (κ3) is 1.42. The van der Waals surface area contributed by atoms with E-state index in [1.165, 1.54) is 0 Å². The molecule has 0 fully saturated rings. The Morgan fingerprint density at radius 1 is 0.941 bits per heavy atom. The van der Waals surface area contributed by atoms with Gasteiger partial charge < -0.3 is 14.2 Å². The van der Waals surface area contributed by atoms with Gasteiger partial charge in [-0.05, 0) is 31.9 Å². The molecule has 17 heavy (non-hydrogen) atoms. The minimum absolute atomic E-state index is 0.0248. The van der Waals surface area contributed by atoms with Gasteiger partial charge in [0.15, 0.2) is 0 Å². The Labute approximate surface area is 116 Å². The highest BCUT2D eigenvalue weighted by Crippen LogP contribution is 2.57. The van der Waals surface area contributed by atoms with Gasteiger partial charge in [0.25, 0.3) is 0 Å². The van der Waals surface area contributed by atoms with E-state index in [2.05, 4.69) is 44.0 Å². The van der Waals surface area contributed by atoms with Crippen molar-refractivity contribution >= 4 is 31.9 Å². The largest absolute Gasteiger partial charge is 0.495 e.